The predicted octanol–water partition coefficient (Wildman–Crippen LogP) is 4.58. The topological polar surface area (TPSA) is 57.7 Å². The van der Waals surface area contributed by atoms with Crippen LogP contribution in [-0.4, -0.2) is 17.8 Å². The maximum atomic E-state index is 13.2. The van der Waals surface area contributed by atoms with Crippen molar-refractivity contribution in [3.63, 3.8) is 0 Å². The van der Waals surface area contributed by atoms with Crippen molar-refractivity contribution < 1.29 is 14.4 Å². The summed E-state index contributed by atoms with van der Waals surface area (Å²) in [7, 11) is 0. The molecule has 3 aromatic carbocycles. The number of anilines is 2. The molecule has 0 spiro atoms. The zero-order valence-corrected chi connectivity index (χ0v) is 15.8. The fraction of sp³-hybridized carbons (Fsp3) is 0.0417. The molecule has 4 rings (SSSR count). The molecule has 142 valence electrons. The van der Waals surface area contributed by atoms with E-state index < -0.39 is 17.8 Å². The molecule has 1 aliphatic rings. The smallest absolute Gasteiger partial charge is 0.268 e. The molecule has 0 bridgehead atoms. The Hall–Kier alpha value is -3.99. The molecule has 1 aliphatic heterocycles. The van der Waals surface area contributed by atoms with E-state index in [1.165, 1.54) is 0 Å². The molecule has 0 aliphatic carbocycles. The highest BCUT2D eigenvalue weighted by Crippen LogP contribution is 2.29. The Bertz CT molecular complexity index is 1060. The Kier molecular flexibility index (Phi) is 4.79. The second-order valence-electron chi connectivity index (χ2n) is 6.65. The quantitative estimate of drug-likeness (QED) is 0.492. The summed E-state index contributed by atoms with van der Waals surface area (Å²) in [6.07, 6.45) is 1.55. The third-order valence-corrected chi connectivity index (χ3v) is 4.77. The van der Waals surface area contributed by atoms with Crippen molar-refractivity contribution >= 4 is 35.3 Å². The molecule has 29 heavy (non-hydrogen) atoms. The van der Waals surface area contributed by atoms with Gasteiger partial charge in [-0.1, -0.05) is 60.7 Å². The monoisotopic (exact) mass is 382 g/mol. The average Bonchev–Trinajstić information content (AvgIpc) is 2.74. The number of amides is 4. The van der Waals surface area contributed by atoms with Crippen molar-refractivity contribution in [3.8, 4) is 0 Å². The molecule has 0 aromatic heterocycles. The molecule has 5 heteroatoms. The fourth-order valence-electron chi connectivity index (χ4n) is 3.24. The minimum Gasteiger partial charge on any atom is -0.268 e. The number of urea groups is 1. The van der Waals surface area contributed by atoms with Crippen LogP contribution in [0.2, 0.25) is 0 Å². The number of nitrogens with zero attached hydrogens (tertiary/aromatic N) is 2. The molecular weight excluding hydrogens is 364 g/mol. The Morgan fingerprint density at radius 2 is 1.07 bits per heavy atom. The number of benzene rings is 3. The van der Waals surface area contributed by atoms with Crippen molar-refractivity contribution in [1.82, 2.24) is 0 Å². The van der Waals surface area contributed by atoms with Crippen molar-refractivity contribution in [3.05, 3.63) is 102 Å². The van der Waals surface area contributed by atoms with Crippen LogP contribution in [0.25, 0.3) is 6.08 Å². The molecule has 5 nitrogen and oxygen atoms in total. The van der Waals surface area contributed by atoms with Gasteiger partial charge >= 0.3 is 6.03 Å². The second kappa shape index (κ2) is 7.56. The van der Waals surface area contributed by atoms with Gasteiger partial charge < -0.3 is 0 Å². The molecule has 4 amide bonds. The normalized spacial score (nSPS) is 14.4. The van der Waals surface area contributed by atoms with Crippen LogP contribution in [0.5, 0.6) is 0 Å². The molecule has 1 saturated heterocycles. The Morgan fingerprint density at radius 3 is 1.55 bits per heavy atom. The van der Waals surface area contributed by atoms with Crippen LogP contribution in [0.1, 0.15) is 11.1 Å². The lowest BCUT2D eigenvalue weighted by Gasteiger charge is -2.34. The minimum absolute atomic E-state index is 0.0633. The van der Waals surface area contributed by atoms with E-state index in [-0.39, 0.29) is 5.57 Å². The number of carbonyl (C=O) groups excluding carboxylic acids is 3. The number of rotatable bonds is 3. The third kappa shape index (κ3) is 3.34. The van der Waals surface area contributed by atoms with Gasteiger partial charge in [0, 0.05) is 0 Å². The lowest BCUT2D eigenvalue weighted by molar-refractivity contribution is -0.121. The molecule has 1 heterocycles. The van der Waals surface area contributed by atoms with Gasteiger partial charge in [0.05, 0.1) is 11.4 Å². The Labute approximate surface area is 168 Å². The Morgan fingerprint density at radius 1 is 0.621 bits per heavy atom. The number of aryl methyl sites for hydroxylation is 1. The van der Waals surface area contributed by atoms with Crippen LogP contribution >= 0.6 is 0 Å². The SMILES string of the molecule is Cc1ccccc1C=C1C(=O)N(c2ccccc2)C(=O)N(c2ccccc2)C1=O. The molecule has 1 fully saturated rings. The first-order valence-electron chi connectivity index (χ1n) is 9.18. The summed E-state index contributed by atoms with van der Waals surface area (Å²) in [4.78, 5) is 41.7. The van der Waals surface area contributed by atoms with Crippen molar-refractivity contribution in [2.75, 3.05) is 9.80 Å². The van der Waals surface area contributed by atoms with Crippen LogP contribution in [-0.2, 0) is 9.59 Å². The molecule has 0 radical (unpaired) electrons. The van der Waals surface area contributed by atoms with E-state index >= 15 is 0 Å². The van der Waals surface area contributed by atoms with Crippen LogP contribution < -0.4 is 9.80 Å². The summed E-state index contributed by atoms with van der Waals surface area (Å²) in [6.45, 7) is 1.90. The summed E-state index contributed by atoms with van der Waals surface area (Å²) in [5.74, 6) is -1.27. The van der Waals surface area contributed by atoms with E-state index in [1.54, 1.807) is 66.7 Å². The molecule has 0 atom stereocenters. The first kappa shape index (κ1) is 18.4. The number of hydrogen-bond donors (Lipinski definition) is 0. The maximum absolute atomic E-state index is 13.2. The van der Waals surface area contributed by atoms with Gasteiger partial charge in [-0.15, -0.1) is 0 Å². The van der Waals surface area contributed by atoms with Crippen LogP contribution in [0.3, 0.4) is 0 Å². The number of carbonyl (C=O) groups is 3. The number of barbiturate groups is 1. The van der Waals surface area contributed by atoms with Crippen LogP contribution in [0.4, 0.5) is 16.2 Å². The molecular formula is C24H18N2O3. The van der Waals surface area contributed by atoms with Gasteiger partial charge in [0.25, 0.3) is 11.8 Å². The van der Waals surface area contributed by atoms with E-state index in [1.807, 2.05) is 31.2 Å². The maximum Gasteiger partial charge on any atom is 0.343 e. The second-order valence-corrected chi connectivity index (χ2v) is 6.65. The van der Waals surface area contributed by atoms with Gasteiger partial charge in [0.2, 0.25) is 0 Å². The first-order valence-corrected chi connectivity index (χ1v) is 9.18. The Balaban J connectivity index is 1.89. The summed E-state index contributed by atoms with van der Waals surface area (Å²) in [5, 5.41) is 0. The number of hydrogen-bond acceptors (Lipinski definition) is 3. The van der Waals surface area contributed by atoms with E-state index in [0.717, 1.165) is 20.9 Å². The number of imide groups is 2. The van der Waals surface area contributed by atoms with Crippen LogP contribution in [0, 0.1) is 6.92 Å². The highest BCUT2D eigenvalue weighted by Gasteiger charge is 2.43. The van der Waals surface area contributed by atoms with Crippen molar-refractivity contribution in [2.24, 2.45) is 0 Å². The van der Waals surface area contributed by atoms with Gasteiger partial charge in [0.15, 0.2) is 0 Å². The molecule has 0 saturated carbocycles. The van der Waals surface area contributed by atoms with Crippen molar-refractivity contribution in [1.29, 1.82) is 0 Å². The highest BCUT2D eigenvalue weighted by atomic mass is 16.2. The lowest BCUT2D eigenvalue weighted by Crippen LogP contribution is -2.57. The van der Waals surface area contributed by atoms with E-state index in [4.69, 9.17) is 0 Å². The fourth-order valence-corrected chi connectivity index (χ4v) is 3.24. The largest absolute Gasteiger partial charge is 0.343 e. The van der Waals surface area contributed by atoms with Gasteiger partial charge in [-0.3, -0.25) is 9.59 Å². The van der Waals surface area contributed by atoms with E-state index in [9.17, 15) is 14.4 Å². The van der Waals surface area contributed by atoms with E-state index in [0.29, 0.717) is 11.4 Å². The first-order chi connectivity index (χ1) is 14.1. The lowest BCUT2D eigenvalue weighted by atomic mass is 10.0. The summed E-state index contributed by atoms with van der Waals surface area (Å²) in [5.41, 5.74) is 2.43. The third-order valence-electron chi connectivity index (χ3n) is 4.77. The van der Waals surface area contributed by atoms with Crippen molar-refractivity contribution in [2.45, 2.75) is 6.92 Å². The van der Waals surface area contributed by atoms with Gasteiger partial charge in [-0.05, 0) is 48.4 Å². The summed E-state index contributed by atoms with van der Waals surface area (Å²) in [6, 6.07) is 24.0. The van der Waals surface area contributed by atoms with E-state index in [2.05, 4.69) is 0 Å². The van der Waals surface area contributed by atoms with Gasteiger partial charge in [-0.25, -0.2) is 14.6 Å². The average molecular weight is 382 g/mol. The zero-order valence-electron chi connectivity index (χ0n) is 15.8. The molecule has 3 aromatic rings. The molecule has 0 unspecified atom stereocenters. The summed E-state index contributed by atoms with van der Waals surface area (Å²) >= 11 is 0. The highest BCUT2D eigenvalue weighted by molar-refractivity contribution is 6.46. The predicted molar refractivity (Wildman–Crippen MR) is 112 cm³/mol. The van der Waals surface area contributed by atoms with Gasteiger partial charge in [0.1, 0.15) is 5.57 Å². The zero-order chi connectivity index (χ0) is 20.4. The molecule has 0 N–H and O–H groups in total. The standard InChI is InChI=1S/C24H18N2O3/c1-17-10-8-9-11-18(17)16-21-22(27)25(19-12-4-2-5-13-19)24(29)26(23(21)28)20-14-6-3-7-15-20/h2-16H,1H3. The summed E-state index contributed by atoms with van der Waals surface area (Å²) < 4.78 is 0. The minimum atomic E-state index is -0.695. The van der Waals surface area contributed by atoms with Gasteiger partial charge in [-0.2, -0.15) is 0 Å². The number of para-hydroxylation sites is 2. The van der Waals surface area contributed by atoms with Crippen LogP contribution in [0.15, 0.2) is 90.5 Å².